The van der Waals surface area contributed by atoms with E-state index in [1.54, 1.807) is 29.2 Å². The summed E-state index contributed by atoms with van der Waals surface area (Å²) in [5.41, 5.74) is 1.77. The molecule has 6 heteroatoms. The van der Waals surface area contributed by atoms with Crippen LogP contribution in [0.2, 0.25) is 5.02 Å². The lowest BCUT2D eigenvalue weighted by Crippen LogP contribution is -2.29. The first kappa shape index (κ1) is 14.4. The number of rotatable bonds is 2. The van der Waals surface area contributed by atoms with Crippen LogP contribution >= 0.6 is 27.5 Å². The Bertz CT molecular complexity index is 722. The standard InChI is InChI=1S/C15H11BrClFN2O/c16-14-11(17)7-13(19-14)15(21)20-6-5-9(8-20)10-3-1-2-4-12(10)18/h1-5,7,19H,6,8H2. The number of amides is 1. The highest BCUT2D eigenvalue weighted by atomic mass is 79.9. The maximum absolute atomic E-state index is 13.8. The zero-order chi connectivity index (χ0) is 15.0. The van der Waals surface area contributed by atoms with Gasteiger partial charge in [0.2, 0.25) is 0 Å². The van der Waals surface area contributed by atoms with Crippen LogP contribution < -0.4 is 0 Å². The van der Waals surface area contributed by atoms with E-state index in [9.17, 15) is 9.18 Å². The van der Waals surface area contributed by atoms with Crippen LogP contribution in [0.25, 0.3) is 5.57 Å². The second-order valence-corrected chi connectivity index (χ2v) is 5.94. The smallest absolute Gasteiger partial charge is 0.270 e. The minimum Gasteiger partial charge on any atom is -0.344 e. The number of carbonyl (C=O) groups excluding carboxylic acids is 1. The highest BCUT2D eigenvalue weighted by Crippen LogP contribution is 2.27. The van der Waals surface area contributed by atoms with Crippen molar-refractivity contribution in [3.63, 3.8) is 0 Å². The van der Waals surface area contributed by atoms with E-state index in [4.69, 9.17) is 11.6 Å². The predicted molar refractivity (Wildman–Crippen MR) is 83.8 cm³/mol. The normalized spacial score (nSPS) is 14.4. The molecule has 1 amide bonds. The molecule has 3 nitrogen and oxygen atoms in total. The maximum Gasteiger partial charge on any atom is 0.270 e. The van der Waals surface area contributed by atoms with Gasteiger partial charge in [-0.3, -0.25) is 4.79 Å². The van der Waals surface area contributed by atoms with Crippen LogP contribution in [0.5, 0.6) is 0 Å². The molecule has 1 aliphatic heterocycles. The van der Waals surface area contributed by atoms with Gasteiger partial charge in [-0.2, -0.15) is 0 Å². The van der Waals surface area contributed by atoms with Crippen molar-refractivity contribution in [2.24, 2.45) is 0 Å². The first-order valence-corrected chi connectivity index (χ1v) is 7.50. The maximum atomic E-state index is 13.8. The summed E-state index contributed by atoms with van der Waals surface area (Å²) in [7, 11) is 0. The van der Waals surface area contributed by atoms with E-state index in [-0.39, 0.29) is 11.7 Å². The highest BCUT2D eigenvalue weighted by Gasteiger charge is 2.24. The lowest BCUT2D eigenvalue weighted by atomic mass is 10.1. The topological polar surface area (TPSA) is 36.1 Å². The fourth-order valence-electron chi connectivity index (χ4n) is 2.32. The van der Waals surface area contributed by atoms with E-state index >= 15 is 0 Å². The number of carbonyl (C=O) groups is 1. The summed E-state index contributed by atoms with van der Waals surface area (Å²) in [4.78, 5) is 16.9. The summed E-state index contributed by atoms with van der Waals surface area (Å²) in [6, 6.07) is 8.15. The van der Waals surface area contributed by atoms with Crippen LogP contribution in [-0.2, 0) is 0 Å². The molecule has 108 valence electrons. The molecule has 2 heterocycles. The van der Waals surface area contributed by atoms with Gasteiger partial charge in [0.05, 0.1) is 5.02 Å². The number of aromatic amines is 1. The molecule has 0 radical (unpaired) electrons. The Morgan fingerprint density at radius 1 is 1.38 bits per heavy atom. The summed E-state index contributed by atoms with van der Waals surface area (Å²) in [5.74, 6) is -0.436. The van der Waals surface area contributed by atoms with Crippen LogP contribution in [-0.4, -0.2) is 28.9 Å². The fourth-order valence-corrected chi connectivity index (χ4v) is 2.80. The molecular weight excluding hydrogens is 359 g/mol. The van der Waals surface area contributed by atoms with Crippen LogP contribution in [0.3, 0.4) is 0 Å². The molecule has 2 aromatic rings. The fraction of sp³-hybridized carbons (Fsp3) is 0.133. The van der Waals surface area contributed by atoms with Crippen molar-refractivity contribution in [2.75, 3.05) is 13.1 Å². The minimum absolute atomic E-state index is 0.162. The first-order chi connectivity index (χ1) is 10.1. The largest absolute Gasteiger partial charge is 0.344 e. The van der Waals surface area contributed by atoms with Crippen molar-refractivity contribution in [3.8, 4) is 0 Å². The van der Waals surface area contributed by atoms with Gasteiger partial charge >= 0.3 is 0 Å². The Morgan fingerprint density at radius 2 is 2.14 bits per heavy atom. The molecule has 21 heavy (non-hydrogen) atoms. The molecule has 0 unspecified atom stereocenters. The van der Waals surface area contributed by atoms with Crippen LogP contribution in [0.1, 0.15) is 16.1 Å². The number of nitrogens with zero attached hydrogens (tertiary/aromatic N) is 1. The van der Waals surface area contributed by atoms with Crippen molar-refractivity contribution in [2.45, 2.75) is 0 Å². The summed E-state index contributed by atoms with van der Waals surface area (Å²) in [6.07, 6.45) is 1.87. The molecule has 1 aromatic heterocycles. The van der Waals surface area contributed by atoms with Gasteiger partial charge in [-0.05, 0) is 33.6 Å². The van der Waals surface area contributed by atoms with Crippen molar-refractivity contribution in [1.82, 2.24) is 9.88 Å². The van der Waals surface area contributed by atoms with E-state index < -0.39 is 0 Å². The van der Waals surface area contributed by atoms with E-state index in [1.165, 1.54) is 6.07 Å². The van der Waals surface area contributed by atoms with Gasteiger partial charge in [0.15, 0.2) is 0 Å². The van der Waals surface area contributed by atoms with Crippen LogP contribution in [0, 0.1) is 5.82 Å². The zero-order valence-corrected chi connectivity index (χ0v) is 13.2. The van der Waals surface area contributed by atoms with E-state index in [0.29, 0.717) is 34.0 Å². The van der Waals surface area contributed by atoms with Gasteiger partial charge in [0, 0.05) is 18.7 Å². The lowest BCUT2D eigenvalue weighted by molar-refractivity contribution is 0.0796. The van der Waals surface area contributed by atoms with Crippen LogP contribution in [0.4, 0.5) is 4.39 Å². The van der Waals surface area contributed by atoms with Crippen molar-refractivity contribution in [3.05, 3.63) is 63.1 Å². The molecule has 0 saturated heterocycles. The van der Waals surface area contributed by atoms with Gasteiger partial charge in [0.1, 0.15) is 16.1 Å². The van der Waals surface area contributed by atoms with Crippen LogP contribution in [0.15, 0.2) is 41.0 Å². The molecule has 0 bridgehead atoms. The Labute approximate surface area is 134 Å². The zero-order valence-electron chi connectivity index (χ0n) is 10.9. The monoisotopic (exact) mass is 368 g/mol. The van der Waals surface area contributed by atoms with Gasteiger partial charge < -0.3 is 9.88 Å². The number of nitrogens with one attached hydrogen (secondary N) is 1. The van der Waals surface area contributed by atoms with Gasteiger partial charge in [0.25, 0.3) is 5.91 Å². The molecule has 0 aliphatic carbocycles. The third kappa shape index (κ3) is 2.76. The van der Waals surface area contributed by atoms with E-state index in [0.717, 1.165) is 5.57 Å². The third-order valence-electron chi connectivity index (χ3n) is 3.38. The second kappa shape index (κ2) is 5.66. The van der Waals surface area contributed by atoms with Gasteiger partial charge in [-0.1, -0.05) is 35.9 Å². The Balaban J connectivity index is 1.77. The summed E-state index contributed by atoms with van der Waals surface area (Å²) in [6.45, 7) is 0.838. The number of hydrogen-bond acceptors (Lipinski definition) is 1. The van der Waals surface area contributed by atoms with Crippen molar-refractivity contribution in [1.29, 1.82) is 0 Å². The molecule has 0 atom stereocenters. The second-order valence-electron chi connectivity index (χ2n) is 4.74. The number of hydrogen-bond donors (Lipinski definition) is 1. The molecule has 0 saturated carbocycles. The molecule has 1 aliphatic rings. The Morgan fingerprint density at radius 3 is 2.81 bits per heavy atom. The van der Waals surface area contributed by atoms with Crippen molar-refractivity contribution < 1.29 is 9.18 Å². The predicted octanol–water partition coefficient (Wildman–Crippen LogP) is 4.11. The minimum atomic E-state index is -0.274. The first-order valence-electron chi connectivity index (χ1n) is 6.33. The molecule has 3 rings (SSSR count). The third-order valence-corrected chi connectivity index (χ3v) is 4.53. The quantitative estimate of drug-likeness (QED) is 0.850. The number of benzene rings is 1. The molecule has 1 aromatic carbocycles. The van der Waals surface area contributed by atoms with E-state index in [2.05, 4.69) is 20.9 Å². The molecular formula is C15H11BrClFN2O. The highest BCUT2D eigenvalue weighted by molar-refractivity contribution is 9.10. The van der Waals surface area contributed by atoms with Crippen molar-refractivity contribution >= 4 is 39.0 Å². The van der Waals surface area contributed by atoms with E-state index in [1.807, 2.05) is 6.08 Å². The molecule has 0 fully saturated rings. The van der Waals surface area contributed by atoms with Gasteiger partial charge in [-0.25, -0.2) is 4.39 Å². The number of H-pyrrole nitrogens is 1. The average Bonchev–Trinajstić information content (AvgIpc) is 3.07. The lowest BCUT2D eigenvalue weighted by Gasteiger charge is -2.15. The summed E-state index contributed by atoms with van der Waals surface area (Å²) >= 11 is 9.14. The summed E-state index contributed by atoms with van der Waals surface area (Å²) < 4.78 is 14.4. The Hall–Kier alpha value is -1.59. The average molecular weight is 370 g/mol. The number of halogens is 3. The van der Waals surface area contributed by atoms with Gasteiger partial charge in [-0.15, -0.1) is 0 Å². The molecule has 0 spiro atoms. The summed E-state index contributed by atoms with van der Waals surface area (Å²) in [5, 5.41) is 0.458. The SMILES string of the molecule is O=C(c1cc(Cl)c(Br)[nH]1)N1CC=C(c2ccccc2F)C1. The number of aromatic nitrogens is 1. The molecule has 1 N–H and O–H groups in total. The Kier molecular flexibility index (Phi) is 3.87.